The molecule has 2 heterocycles. The molecule has 6 N–H and O–H groups in total. The number of nitrogens with one attached hydrogen (secondary N) is 3. The number of nitrogens with two attached hydrogens (primary N) is 1. The third-order valence-corrected chi connectivity index (χ3v) is 10.3. The van der Waals surface area contributed by atoms with Gasteiger partial charge in [0.25, 0.3) is 11.8 Å². The summed E-state index contributed by atoms with van der Waals surface area (Å²) in [6.45, 7) is 7.73. The van der Waals surface area contributed by atoms with Gasteiger partial charge in [0.2, 0.25) is 6.79 Å². The Balaban J connectivity index is 1.15. The van der Waals surface area contributed by atoms with Gasteiger partial charge in [0.1, 0.15) is 5.75 Å². The van der Waals surface area contributed by atoms with Crippen molar-refractivity contribution in [1.82, 2.24) is 9.80 Å². The van der Waals surface area contributed by atoms with Crippen LogP contribution < -0.4 is 35.9 Å². The van der Waals surface area contributed by atoms with E-state index in [1.165, 1.54) is 0 Å². The van der Waals surface area contributed by atoms with Crippen LogP contribution in [0.25, 0.3) is 0 Å². The van der Waals surface area contributed by atoms with Gasteiger partial charge in [0.15, 0.2) is 11.5 Å². The summed E-state index contributed by atoms with van der Waals surface area (Å²) >= 11 is 0. The molecule has 4 aromatic rings. The van der Waals surface area contributed by atoms with Crippen molar-refractivity contribution in [2.75, 3.05) is 61.8 Å². The molecule has 0 spiro atoms. The van der Waals surface area contributed by atoms with Crippen molar-refractivity contribution in [3.63, 3.8) is 0 Å². The molecule has 2 aliphatic rings. The van der Waals surface area contributed by atoms with Crippen molar-refractivity contribution in [2.45, 2.75) is 64.8 Å². The first-order valence-electron chi connectivity index (χ1n) is 19.7. The third kappa shape index (κ3) is 11.0. The number of aliphatic hydroxyl groups excluding tert-OH is 1. The average Bonchev–Trinajstić information content (AvgIpc) is 3.68. The number of carbonyl (C=O) groups excluding carboxylic acids is 3. The van der Waals surface area contributed by atoms with E-state index < -0.39 is 12.1 Å². The first-order valence-corrected chi connectivity index (χ1v) is 19.7. The lowest BCUT2D eigenvalue weighted by atomic mass is 10.0. The Labute approximate surface area is 339 Å². The molecule has 4 amide bonds. The van der Waals surface area contributed by atoms with Crippen molar-refractivity contribution in [3.05, 3.63) is 102 Å². The number of amides is 4. The Morgan fingerprint density at radius 3 is 2.36 bits per heavy atom. The first kappa shape index (κ1) is 41.8. The summed E-state index contributed by atoms with van der Waals surface area (Å²) in [6.07, 6.45) is 2.02. The van der Waals surface area contributed by atoms with E-state index in [1.54, 1.807) is 72.5 Å². The largest absolute Gasteiger partial charge is 0.490 e. The van der Waals surface area contributed by atoms with Crippen LogP contribution in [0.3, 0.4) is 0 Å². The summed E-state index contributed by atoms with van der Waals surface area (Å²) in [7, 11) is 2.02. The van der Waals surface area contributed by atoms with Gasteiger partial charge < -0.3 is 50.6 Å². The highest BCUT2D eigenvalue weighted by Crippen LogP contribution is 2.34. The van der Waals surface area contributed by atoms with Gasteiger partial charge in [0, 0.05) is 55.2 Å². The quantitative estimate of drug-likeness (QED) is 0.107. The molecular weight excluding hydrogens is 741 g/mol. The highest BCUT2D eigenvalue weighted by Gasteiger charge is 2.30. The minimum Gasteiger partial charge on any atom is -0.490 e. The lowest BCUT2D eigenvalue weighted by molar-refractivity contribution is -0.0177. The van der Waals surface area contributed by atoms with Gasteiger partial charge in [-0.3, -0.25) is 14.5 Å². The van der Waals surface area contributed by atoms with Gasteiger partial charge in [-0.1, -0.05) is 31.2 Å². The number of hydrogen-bond donors (Lipinski definition) is 5. The fraction of sp³-hybridized carbons (Fsp3) is 0.386. The molecule has 14 nitrogen and oxygen atoms in total. The first-order chi connectivity index (χ1) is 28.0. The summed E-state index contributed by atoms with van der Waals surface area (Å²) in [4.78, 5) is 44.3. The summed E-state index contributed by atoms with van der Waals surface area (Å²) < 4.78 is 23.7. The summed E-state index contributed by atoms with van der Waals surface area (Å²) in [6, 6.07) is 23.7. The fourth-order valence-corrected chi connectivity index (χ4v) is 6.98. The average molecular weight is 795 g/mol. The molecule has 0 fully saturated rings. The number of hydrogen-bond acceptors (Lipinski definition) is 10. The van der Waals surface area contributed by atoms with E-state index in [1.807, 2.05) is 38.2 Å². The van der Waals surface area contributed by atoms with Crippen LogP contribution in [-0.4, -0.2) is 91.1 Å². The van der Waals surface area contributed by atoms with Crippen LogP contribution in [0.4, 0.5) is 27.5 Å². The van der Waals surface area contributed by atoms with E-state index in [0.29, 0.717) is 71.8 Å². The van der Waals surface area contributed by atoms with Crippen LogP contribution in [-0.2, 0) is 11.3 Å². The van der Waals surface area contributed by atoms with Gasteiger partial charge in [-0.05, 0) is 100 Å². The van der Waals surface area contributed by atoms with Gasteiger partial charge in [-0.2, -0.15) is 0 Å². The number of rotatable bonds is 10. The summed E-state index contributed by atoms with van der Waals surface area (Å²) in [5.74, 6) is 0.841. The number of para-hydroxylation sites is 2. The molecule has 0 saturated heterocycles. The number of urea groups is 1. The number of benzene rings is 4. The number of anilines is 4. The van der Waals surface area contributed by atoms with Crippen molar-refractivity contribution < 1.29 is 38.4 Å². The predicted molar refractivity (Wildman–Crippen MR) is 224 cm³/mol. The zero-order chi connectivity index (χ0) is 41.2. The van der Waals surface area contributed by atoms with Crippen molar-refractivity contribution in [2.24, 2.45) is 5.92 Å². The number of aliphatic hydroxyl groups is 1. The fourth-order valence-electron chi connectivity index (χ4n) is 6.98. The molecule has 0 radical (unpaired) electrons. The smallest absolute Gasteiger partial charge is 0.323 e. The van der Waals surface area contributed by atoms with E-state index >= 15 is 0 Å². The number of carbonyl (C=O) groups is 3. The van der Waals surface area contributed by atoms with E-state index in [4.69, 9.17) is 24.7 Å². The van der Waals surface area contributed by atoms with Crippen LogP contribution in [0, 0.1) is 5.92 Å². The SMILES string of the molecule is C[C@@H]1CCCCO[C@@H](CN(C)Cc2ccc(C(=O)Nc3ccccc3N)cc2)[C@@H](C)CN([C@H](C)CO)C(=O)c2cc(NC(=O)Nc3ccc4c(c3)OCO4)ccc2O1. The molecule has 4 aromatic carbocycles. The molecule has 14 heteroatoms. The number of ether oxygens (including phenoxy) is 4. The van der Waals surface area contributed by atoms with Crippen LogP contribution in [0.2, 0.25) is 0 Å². The van der Waals surface area contributed by atoms with Gasteiger partial charge in [-0.25, -0.2) is 4.79 Å². The maximum Gasteiger partial charge on any atom is 0.323 e. The molecule has 2 aliphatic heterocycles. The van der Waals surface area contributed by atoms with E-state index in [-0.39, 0.29) is 48.9 Å². The number of nitrogens with zero attached hydrogens (tertiary/aromatic N) is 2. The van der Waals surface area contributed by atoms with E-state index in [0.717, 1.165) is 24.8 Å². The van der Waals surface area contributed by atoms with Gasteiger partial charge in [-0.15, -0.1) is 0 Å². The summed E-state index contributed by atoms with van der Waals surface area (Å²) in [5, 5.41) is 18.9. The molecular formula is C44H54N6O8. The number of fused-ring (bicyclic) bond motifs is 2. The maximum absolute atomic E-state index is 14.6. The number of nitrogen functional groups attached to an aromatic ring is 1. The molecule has 308 valence electrons. The molecule has 0 aliphatic carbocycles. The normalized spacial score (nSPS) is 19.0. The minimum absolute atomic E-state index is 0.121. The zero-order valence-corrected chi connectivity index (χ0v) is 33.5. The molecule has 0 bridgehead atoms. The highest BCUT2D eigenvalue weighted by atomic mass is 16.7. The molecule has 0 saturated carbocycles. The number of likely N-dealkylation sites (N-methyl/N-ethyl adjacent to an activating group) is 1. The molecule has 6 rings (SSSR count). The molecule has 0 unspecified atom stereocenters. The Bertz CT molecular complexity index is 2040. The Morgan fingerprint density at radius 2 is 1.62 bits per heavy atom. The molecule has 58 heavy (non-hydrogen) atoms. The lowest BCUT2D eigenvalue weighted by Gasteiger charge is -2.36. The lowest BCUT2D eigenvalue weighted by Crippen LogP contribution is -2.47. The van der Waals surface area contributed by atoms with Crippen molar-refractivity contribution >= 4 is 40.6 Å². The van der Waals surface area contributed by atoms with E-state index in [9.17, 15) is 19.5 Å². The van der Waals surface area contributed by atoms with Crippen LogP contribution in [0.15, 0.2) is 84.9 Å². The van der Waals surface area contributed by atoms with Crippen molar-refractivity contribution in [1.29, 1.82) is 0 Å². The zero-order valence-electron chi connectivity index (χ0n) is 33.5. The third-order valence-electron chi connectivity index (χ3n) is 10.3. The highest BCUT2D eigenvalue weighted by molar-refractivity contribution is 6.06. The van der Waals surface area contributed by atoms with Crippen LogP contribution in [0.5, 0.6) is 17.2 Å². The van der Waals surface area contributed by atoms with Gasteiger partial charge >= 0.3 is 6.03 Å². The second-order valence-corrected chi connectivity index (χ2v) is 15.1. The Morgan fingerprint density at radius 1 is 0.914 bits per heavy atom. The standard InChI is InChI=1S/C44H54N6O8/c1-28-23-50(29(2)26-51)43(53)35-21-33(46-44(54)47-34-17-19-39-40(22-34)57-27-56-39)16-18-38(35)58-30(3)9-7-8-20-55-41(28)25-49(4)24-31-12-14-32(15-13-31)42(52)48-37-11-6-5-10-36(37)45/h5-6,10-19,21-22,28-30,41,51H,7-9,20,23-27,45H2,1-4H3,(H,48,52)(H2,46,47,54)/t28-,29+,30+,41-/m0/s1. The maximum atomic E-state index is 14.6. The van der Waals surface area contributed by atoms with E-state index in [2.05, 4.69) is 27.8 Å². The van der Waals surface area contributed by atoms with Crippen molar-refractivity contribution in [3.8, 4) is 17.2 Å². The van der Waals surface area contributed by atoms with Gasteiger partial charge in [0.05, 0.1) is 41.8 Å². The predicted octanol–water partition coefficient (Wildman–Crippen LogP) is 6.82. The van der Waals surface area contributed by atoms with Crippen LogP contribution in [0.1, 0.15) is 66.3 Å². The summed E-state index contributed by atoms with van der Waals surface area (Å²) in [5.41, 5.74) is 9.79. The Kier molecular flexibility index (Phi) is 14.1. The second kappa shape index (κ2) is 19.5. The minimum atomic E-state index is -0.522. The monoisotopic (exact) mass is 794 g/mol. The Hall–Kier alpha value is -5.83. The topological polar surface area (TPSA) is 177 Å². The molecule has 0 aromatic heterocycles. The second-order valence-electron chi connectivity index (χ2n) is 15.1. The molecule has 4 atom stereocenters. The van der Waals surface area contributed by atoms with Crippen LogP contribution >= 0.6 is 0 Å².